The van der Waals surface area contributed by atoms with Crippen LogP contribution < -0.4 is 5.32 Å². The summed E-state index contributed by atoms with van der Waals surface area (Å²) in [5.41, 5.74) is -0.278. The van der Waals surface area contributed by atoms with Gasteiger partial charge in [0.05, 0.1) is 12.0 Å². The average Bonchev–Trinajstić information content (AvgIpc) is 2.36. The monoisotopic (exact) mass is 279 g/mol. The minimum absolute atomic E-state index is 0.228. The molecular formula is C14H17NO5. The lowest BCUT2D eigenvalue weighted by Gasteiger charge is -2.39. The molecular weight excluding hydrogens is 262 g/mol. The number of methoxy groups -OCH3 is 1. The van der Waals surface area contributed by atoms with E-state index in [1.165, 1.54) is 18.2 Å². The zero-order valence-electron chi connectivity index (χ0n) is 11.2. The molecule has 3 N–H and O–H groups in total. The van der Waals surface area contributed by atoms with Gasteiger partial charge in [0, 0.05) is 12.8 Å². The second-order valence-electron chi connectivity index (χ2n) is 5.00. The van der Waals surface area contributed by atoms with Crippen LogP contribution in [0.1, 0.15) is 36.0 Å². The van der Waals surface area contributed by atoms with E-state index in [4.69, 9.17) is 9.84 Å². The smallest absolute Gasteiger partial charge is 0.339 e. The molecule has 20 heavy (non-hydrogen) atoms. The van der Waals surface area contributed by atoms with Gasteiger partial charge in [-0.25, -0.2) is 4.79 Å². The minimum Gasteiger partial charge on any atom is -0.507 e. The van der Waals surface area contributed by atoms with E-state index in [1.54, 1.807) is 7.11 Å². The summed E-state index contributed by atoms with van der Waals surface area (Å²) < 4.78 is 5.37. The fourth-order valence-corrected chi connectivity index (χ4v) is 2.31. The van der Waals surface area contributed by atoms with Gasteiger partial charge >= 0.3 is 5.97 Å². The summed E-state index contributed by atoms with van der Waals surface area (Å²) >= 11 is 0. The van der Waals surface area contributed by atoms with Gasteiger partial charge in [0.2, 0.25) is 5.91 Å². The maximum Gasteiger partial charge on any atom is 0.339 e. The molecule has 0 bridgehead atoms. The van der Waals surface area contributed by atoms with Crippen molar-refractivity contribution in [1.82, 2.24) is 0 Å². The van der Waals surface area contributed by atoms with Crippen molar-refractivity contribution in [3.8, 4) is 5.75 Å². The normalized spacial score (nSPS) is 16.2. The van der Waals surface area contributed by atoms with Crippen molar-refractivity contribution in [2.75, 3.05) is 12.4 Å². The van der Waals surface area contributed by atoms with E-state index in [0.29, 0.717) is 5.69 Å². The van der Waals surface area contributed by atoms with Gasteiger partial charge in [-0.3, -0.25) is 4.79 Å². The molecule has 0 aromatic heterocycles. The van der Waals surface area contributed by atoms with Gasteiger partial charge in [-0.15, -0.1) is 0 Å². The highest BCUT2D eigenvalue weighted by atomic mass is 16.5. The SMILES string of the molecule is COC1(CC(=O)Nc2ccc(O)c(C(=O)O)c2)CCC1. The second-order valence-corrected chi connectivity index (χ2v) is 5.00. The predicted octanol–water partition coefficient (Wildman–Crippen LogP) is 1.99. The highest BCUT2D eigenvalue weighted by molar-refractivity contribution is 5.95. The van der Waals surface area contributed by atoms with E-state index in [2.05, 4.69) is 5.32 Å². The van der Waals surface area contributed by atoms with Crippen LogP contribution in [0.4, 0.5) is 5.69 Å². The number of aromatic hydroxyl groups is 1. The maximum absolute atomic E-state index is 11.9. The summed E-state index contributed by atoms with van der Waals surface area (Å²) in [5.74, 6) is -1.80. The molecule has 1 saturated carbocycles. The first kappa shape index (κ1) is 14.3. The molecule has 1 aliphatic carbocycles. The van der Waals surface area contributed by atoms with Gasteiger partial charge in [0.15, 0.2) is 0 Å². The Kier molecular flexibility index (Phi) is 3.94. The topological polar surface area (TPSA) is 95.9 Å². The van der Waals surface area contributed by atoms with Crippen LogP contribution in [-0.4, -0.2) is 34.8 Å². The van der Waals surface area contributed by atoms with E-state index in [1.807, 2.05) is 0 Å². The number of nitrogens with one attached hydrogen (secondary N) is 1. The first-order valence-corrected chi connectivity index (χ1v) is 6.37. The van der Waals surface area contributed by atoms with E-state index >= 15 is 0 Å². The number of benzene rings is 1. The number of anilines is 1. The summed E-state index contributed by atoms with van der Waals surface area (Å²) in [6.45, 7) is 0. The van der Waals surface area contributed by atoms with Crippen LogP contribution in [0.5, 0.6) is 5.75 Å². The molecule has 1 aromatic rings. The van der Waals surface area contributed by atoms with Crippen molar-refractivity contribution in [3.63, 3.8) is 0 Å². The van der Waals surface area contributed by atoms with Crippen molar-refractivity contribution >= 4 is 17.6 Å². The van der Waals surface area contributed by atoms with Gasteiger partial charge in [-0.1, -0.05) is 0 Å². The first-order chi connectivity index (χ1) is 9.46. The van der Waals surface area contributed by atoms with Crippen LogP contribution in [0.3, 0.4) is 0 Å². The molecule has 0 radical (unpaired) electrons. The predicted molar refractivity (Wildman–Crippen MR) is 71.9 cm³/mol. The Balaban J connectivity index is 2.04. The Morgan fingerprint density at radius 3 is 2.60 bits per heavy atom. The summed E-state index contributed by atoms with van der Waals surface area (Å²) in [5, 5.41) is 20.9. The van der Waals surface area contributed by atoms with Crippen LogP contribution in [0.25, 0.3) is 0 Å². The lowest BCUT2D eigenvalue weighted by Crippen LogP contribution is -2.42. The molecule has 1 fully saturated rings. The summed E-state index contributed by atoms with van der Waals surface area (Å²) in [7, 11) is 1.59. The van der Waals surface area contributed by atoms with Crippen molar-refractivity contribution in [3.05, 3.63) is 23.8 Å². The largest absolute Gasteiger partial charge is 0.507 e. The number of carbonyl (C=O) groups excluding carboxylic acids is 1. The number of rotatable bonds is 5. The van der Waals surface area contributed by atoms with Gasteiger partial charge in [0.1, 0.15) is 11.3 Å². The molecule has 0 saturated heterocycles. The van der Waals surface area contributed by atoms with E-state index in [9.17, 15) is 14.7 Å². The Morgan fingerprint density at radius 1 is 1.40 bits per heavy atom. The molecule has 0 heterocycles. The maximum atomic E-state index is 11.9. The van der Waals surface area contributed by atoms with Crippen molar-refractivity contribution in [2.24, 2.45) is 0 Å². The van der Waals surface area contributed by atoms with E-state index < -0.39 is 5.97 Å². The lowest BCUT2D eigenvalue weighted by atomic mass is 9.77. The summed E-state index contributed by atoms with van der Waals surface area (Å²) in [4.78, 5) is 22.8. The van der Waals surface area contributed by atoms with Crippen LogP contribution in [-0.2, 0) is 9.53 Å². The Morgan fingerprint density at radius 2 is 2.10 bits per heavy atom. The molecule has 2 rings (SSSR count). The zero-order valence-corrected chi connectivity index (χ0v) is 11.2. The lowest BCUT2D eigenvalue weighted by molar-refractivity contribution is -0.129. The fourth-order valence-electron chi connectivity index (χ4n) is 2.31. The Labute approximate surface area is 116 Å². The van der Waals surface area contributed by atoms with E-state index in [0.717, 1.165) is 19.3 Å². The van der Waals surface area contributed by atoms with E-state index in [-0.39, 0.29) is 29.2 Å². The third-order valence-electron chi connectivity index (χ3n) is 3.69. The summed E-state index contributed by atoms with van der Waals surface area (Å²) in [6, 6.07) is 3.93. The summed E-state index contributed by atoms with van der Waals surface area (Å²) in [6.07, 6.45) is 3.00. The number of carboxylic acids is 1. The number of hydrogen-bond donors (Lipinski definition) is 3. The Hall–Kier alpha value is -2.08. The van der Waals surface area contributed by atoms with Crippen molar-refractivity contribution < 1.29 is 24.5 Å². The molecule has 6 heteroatoms. The molecule has 1 amide bonds. The van der Waals surface area contributed by atoms with Gasteiger partial charge in [-0.2, -0.15) is 0 Å². The quantitative estimate of drug-likeness (QED) is 0.716. The minimum atomic E-state index is -1.24. The second kappa shape index (κ2) is 5.50. The van der Waals surface area contributed by atoms with Gasteiger partial charge in [0.25, 0.3) is 0 Å². The van der Waals surface area contributed by atoms with Gasteiger partial charge in [-0.05, 0) is 37.5 Å². The fraction of sp³-hybridized carbons (Fsp3) is 0.429. The van der Waals surface area contributed by atoms with Crippen LogP contribution in [0, 0.1) is 0 Å². The van der Waals surface area contributed by atoms with Crippen LogP contribution in [0.15, 0.2) is 18.2 Å². The van der Waals surface area contributed by atoms with Crippen LogP contribution >= 0.6 is 0 Å². The molecule has 1 aromatic carbocycles. The Bertz CT molecular complexity index is 531. The molecule has 1 aliphatic rings. The molecule has 0 atom stereocenters. The number of carboxylic acid groups (broad SMARTS) is 1. The molecule has 108 valence electrons. The third-order valence-corrected chi connectivity index (χ3v) is 3.69. The average molecular weight is 279 g/mol. The number of phenols is 1. The molecule has 0 aliphatic heterocycles. The highest BCUT2D eigenvalue weighted by Gasteiger charge is 2.38. The number of ether oxygens (including phenoxy) is 1. The van der Waals surface area contributed by atoms with Gasteiger partial charge < -0.3 is 20.3 Å². The molecule has 6 nitrogen and oxygen atoms in total. The molecule has 0 spiro atoms. The van der Waals surface area contributed by atoms with Crippen LogP contribution in [0.2, 0.25) is 0 Å². The number of hydrogen-bond acceptors (Lipinski definition) is 4. The highest BCUT2D eigenvalue weighted by Crippen LogP contribution is 2.38. The molecule has 0 unspecified atom stereocenters. The van der Waals surface area contributed by atoms with Crippen molar-refractivity contribution in [2.45, 2.75) is 31.3 Å². The van der Waals surface area contributed by atoms with Crippen molar-refractivity contribution in [1.29, 1.82) is 0 Å². The zero-order chi connectivity index (χ0) is 14.8. The first-order valence-electron chi connectivity index (χ1n) is 6.37. The number of aromatic carboxylic acids is 1. The number of amides is 1. The standard InChI is InChI=1S/C14H17NO5/c1-20-14(5-2-6-14)8-12(17)15-9-3-4-11(16)10(7-9)13(18)19/h3-4,7,16H,2,5-6,8H2,1H3,(H,15,17)(H,18,19). The number of carbonyl (C=O) groups is 2. The third kappa shape index (κ3) is 2.91.